The third-order valence-corrected chi connectivity index (χ3v) is 20.7. The average molecular weight is 1380 g/mol. The van der Waals surface area contributed by atoms with Gasteiger partial charge in [-0.2, -0.15) is 0 Å². The monoisotopic (exact) mass is 1380 g/mol. The van der Waals surface area contributed by atoms with Crippen molar-refractivity contribution < 1.29 is 28.8 Å². The van der Waals surface area contributed by atoms with E-state index in [0.717, 1.165) is 44.8 Å². The van der Waals surface area contributed by atoms with Gasteiger partial charge in [-0.1, -0.05) is 295 Å². The second kappa shape index (κ2) is 24.5. The maximum atomic E-state index is 10.3. The van der Waals surface area contributed by atoms with Gasteiger partial charge in [0.05, 0.1) is 67.9 Å². The lowest BCUT2D eigenvalue weighted by atomic mass is 9.33. The van der Waals surface area contributed by atoms with Crippen LogP contribution in [0, 0.1) is 0 Å². The minimum Gasteiger partial charge on any atom is -0.310 e. The first-order chi connectivity index (χ1) is 59.3. The lowest BCUT2D eigenvalue weighted by molar-refractivity contribution is 0.531. The molecule has 0 saturated carbocycles. The zero-order valence-corrected chi connectivity index (χ0v) is 60.6. The number of pyridine rings is 1. The van der Waals surface area contributed by atoms with E-state index in [9.17, 15) is 24.7 Å². The van der Waals surface area contributed by atoms with Crippen LogP contribution < -0.4 is 26.2 Å². The molecule has 0 bridgehead atoms. The Hall–Kier alpha value is -11.7. The van der Waals surface area contributed by atoms with Gasteiger partial charge in [0.1, 0.15) is 0 Å². The summed E-state index contributed by atoms with van der Waals surface area (Å²) in [5, 5.41) is -0.718. The molecule has 2 aliphatic rings. The number of hydrogen-bond acceptors (Lipinski definition) is 3. The lowest BCUT2D eigenvalue weighted by Crippen LogP contribution is -2.61. The van der Waals surface area contributed by atoms with E-state index in [1.807, 2.05) is 127 Å². The minimum atomic E-state index is -1.02. The van der Waals surface area contributed by atoms with Crippen molar-refractivity contribution in [1.29, 1.82) is 0 Å². The normalized spacial score (nSPS) is 15.9. The smallest absolute Gasteiger partial charge is 0.252 e. The van der Waals surface area contributed by atoms with Crippen molar-refractivity contribution >= 4 is 101 Å². The SMILES string of the molecule is [2H]c1c([2H])c([2H])c(-c2ccc3c(c2)N(c2c(-c4ccccc4)cc(C(C)(C)C)cc2-c2cc(C(C)(C)C)nc(C(C)(C)C)c2)c2cc(-n4c5c([2H])c([2H])c([2H])c([2H])c5c5c([2H])c([2H])c([2H])c([2H])c54)cc4c2B3c2ccc(-n3c5c([2H])c([2H])c([2H])c([2H])c5c5c([2H])c([2H])c([2H])c([2H])c53)cc2N4c2c(-c3ccccc3)cc(C(C)(C)C)cc2-c2ccccc2)c([2H])c1[2H]. The molecular formula is C99H86BN5. The summed E-state index contributed by atoms with van der Waals surface area (Å²) < 4.78 is 205. The second-order valence-corrected chi connectivity index (χ2v) is 31.6. The highest BCUT2D eigenvalue weighted by molar-refractivity contribution is 7.00. The molecule has 0 aliphatic carbocycles. The predicted molar refractivity (Wildman–Crippen MR) is 449 cm³/mol. The molecule has 0 radical (unpaired) electrons. The van der Waals surface area contributed by atoms with E-state index in [-0.39, 0.29) is 66.1 Å². The van der Waals surface area contributed by atoms with Crippen molar-refractivity contribution in [2.24, 2.45) is 0 Å². The van der Waals surface area contributed by atoms with E-state index >= 15 is 0 Å². The maximum absolute atomic E-state index is 10.3. The van der Waals surface area contributed by atoms with E-state index < -0.39 is 155 Å². The highest BCUT2D eigenvalue weighted by atomic mass is 15.2. The predicted octanol–water partition coefficient (Wildman–Crippen LogP) is 24.9. The standard InChI is InChI=1S/C99H86BN5/c1-96(2,3)69-56-77(64-35-19-14-20-36-64)94(78(57-69)65-37-21-15-22-38-65)105-88-60-71(102-83-45-29-25-41-73(83)74-42-26-30-46-84(74)102)50-52-82(88)100-81-51-49-67(63-33-17-13-18-34-63)53-87(81)104(89-61-72(62-90(105)93(89)100)103-85-47-31-27-43-75(85)76-44-28-32-48-86(76)103)95-79(66-39-23-16-24-40-66)58-70(97(4,5)6)59-80(95)68-54-91(98(7,8)9)101-92(55-68)99(10,11)12/h13-62H,1-12H3/i13D,17D,18D,25D,26D,27D,28D,29D,30D,31D,32D,33D,34D,41D,42D,43D,44D,45D,46D,47D,48D. The minimum absolute atomic E-state index is 0.101. The first kappa shape index (κ1) is 46.1. The van der Waals surface area contributed by atoms with Crippen LogP contribution in [0.4, 0.5) is 34.1 Å². The van der Waals surface area contributed by atoms with Gasteiger partial charge in [0.15, 0.2) is 0 Å². The zero-order valence-electron chi connectivity index (χ0n) is 81.6. The third-order valence-electron chi connectivity index (χ3n) is 20.7. The number of fused-ring (bicyclic) bond motifs is 10. The molecule has 3 aromatic heterocycles. The molecule has 0 saturated heterocycles. The van der Waals surface area contributed by atoms with E-state index in [1.165, 1.54) is 9.13 Å². The number of hydrogen-bond donors (Lipinski definition) is 0. The molecular weight excluding hydrogens is 1270 g/mol. The Morgan fingerprint density at radius 1 is 0.295 bits per heavy atom. The van der Waals surface area contributed by atoms with E-state index in [4.69, 9.17) is 9.10 Å². The Morgan fingerprint density at radius 2 is 0.648 bits per heavy atom. The van der Waals surface area contributed by atoms with Gasteiger partial charge in [0, 0.05) is 94.5 Å². The molecule has 2 aliphatic heterocycles. The largest absolute Gasteiger partial charge is 0.310 e. The molecule has 0 N–H and O–H groups in total. The second-order valence-electron chi connectivity index (χ2n) is 31.6. The van der Waals surface area contributed by atoms with Gasteiger partial charge in [-0.05, 0) is 163 Å². The molecule has 6 heteroatoms. The fourth-order valence-corrected chi connectivity index (χ4v) is 15.4. The first-order valence-electron chi connectivity index (χ1n) is 46.1. The summed E-state index contributed by atoms with van der Waals surface area (Å²) in [6, 6.07) is 44.9. The van der Waals surface area contributed by atoms with Crippen LogP contribution >= 0.6 is 0 Å². The number of para-hydroxylation sites is 4. The molecule has 510 valence electrons. The first-order valence-corrected chi connectivity index (χ1v) is 35.6. The molecule has 105 heavy (non-hydrogen) atoms. The molecule has 5 heterocycles. The van der Waals surface area contributed by atoms with Crippen molar-refractivity contribution in [3.63, 3.8) is 0 Å². The summed E-state index contributed by atoms with van der Waals surface area (Å²) in [6.07, 6.45) is 0. The van der Waals surface area contributed by atoms with Crippen LogP contribution in [-0.2, 0) is 21.7 Å². The van der Waals surface area contributed by atoms with Crippen LogP contribution in [0.3, 0.4) is 0 Å². The summed E-state index contributed by atoms with van der Waals surface area (Å²) >= 11 is 0. The quantitative estimate of drug-likeness (QED) is 0.135. The number of rotatable bonds is 9. The molecule has 5 nitrogen and oxygen atoms in total. The van der Waals surface area contributed by atoms with Gasteiger partial charge in [0.25, 0.3) is 6.71 Å². The van der Waals surface area contributed by atoms with Crippen LogP contribution in [-0.4, -0.2) is 20.8 Å². The van der Waals surface area contributed by atoms with Gasteiger partial charge in [-0.3, -0.25) is 4.98 Å². The van der Waals surface area contributed by atoms with E-state index in [1.54, 1.807) is 12.1 Å². The molecule has 0 amide bonds. The number of aromatic nitrogens is 3. The van der Waals surface area contributed by atoms with Gasteiger partial charge in [-0.25, -0.2) is 0 Å². The Kier molecular flexibility index (Phi) is 10.7. The van der Waals surface area contributed by atoms with Crippen LogP contribution in [0.15, 0.2) is 303 Å². The Labute approximate surface area is 648 Å². The summed E-state index contributed by atoms with van der Waals surface area (Å²) in [7, 11) is 0. The van der Waals surface area contributed by atoms with Crippen molar-refractivity contribution in [3.05, 3.63) is 325 Å². The van der Waals surface area contributed by atoms with E-state index in [0.29, 0.717) is 72.8 Å². The Balaban J connectivity index is 1.15. The zero-order chi connectivity index (χ0) is 90.3. The van der Waals surface area contributed by atoms with Crippen molar-refractivity contribution in [2.45, 2.75) is 105 Å². The molecule has 13 aromatic carbocycles. The van der Waals surface area contributed by atoms with E-state index in [2.05, 4.69) is 129 Å². The van der Waals surface area contributed by atoms with Gasteiger partial charge >= 0.3 is 0 Å². The summed E-state index contributed by atoms with van der Waals surface area (Å²) in [4.78, 5) is 9.72. The molecule has 16 aromatic rings. The molecule has 0 atom stereocenters. The fraction of sp³-hybridized carbons (Fsp3) is 0.162. The summed E-state index contributed by atoms with van der Waals surface area (Å²) in [5.74, 6) is 0. The molecule has 18 rings (SSSR count). The maximum Gasteiger partial charge on any atom is 0.252 e. The van der Waals surface area contributed by atoms with Gasteiger partial charge in [0.2, 0.25) is 0 Å². The van der Waals surface area contributed by atoms with Gasteiger partial charge < -0.3 is 18.9 Å². The van der Waals surface area contributed by atoms with Crippen LogP contribution in [0.2, 0.25) is 0 Å². The number of anilines is 6. The van der Waals surface area contributed by atoms with Crippen LogP contribution in [0.1, 0.15) is 134 Å². The van der Waals surface area contributed by atoms with Crippen LogP contribution in [0.5, 0.6) is 0 Å². The third kappa shape index (κ3) is 10.9. The van der Waals surface area contributed by atoms with Crippen molar-refractivity contribution in [1.82, 2.24) is 14.1 Å². The topological polar surface area (TPSA) is 29.2 Å². The fourth-order valence-electron chi connectivity index (χ4n) is 15.4. The Morgan fingerprint density at radius 3 is 1.05 bits per heavy atom. The number of benzene rings is 13. The summed E-state index contributed by atoms with van der Waals surface area (Å²) in [6.45, 7) is 24.5. The molecule has 0 fully saturated rings. The van der Waals surface area contributed by atoms with Crippen molar-refractivity contribution in [2.75, 3.05) is 9.80 Å². The number of nitrogens with zero attached hydrogens (tertiary/aromatic N) is 5. The van der Waals surface area contributed by atoms with Gasteiger partial charge in [-0.15, -0.1) is 0 Å². The van der Waals surface area contributed by atoms with Crippen LogP contribution in [0.25, 0.3) is 111 Å². The Bertz CT molecular complexity index is 7190. The highest BCUT2D eigenvalue weighted by Gasteiger charge is 2.47. The average Bonchev–Trinajstić information content (AvgIpc) is 1.13. The lowest BCUT2D eigenvalue weighted by Gasteiger charge is -2.46. The molecule has 0 unspecified atom stereocenters. The molecule has 0 spiro atoms. The van der Waals surface area contributed by atoms with Crippen molar-refractivity contribution in [3.8, 4) is 67.0 Å². The summed E-state index contributed by atoms with van der Waals surface area (Å²) in [5.41, 5.74) is 10.9. The highest BCUT2D eigenvalue weighted by Crippen LogP contribution is 2.56.